The lowest BCUT2D eigenvalue weighted by Crippen LogP contribution is -2.42. The fourth-order valence-corrected chi connectivity index (χ4v) is 3.93. The summed E-state index contributed by atoms with van der Waals surface area (Å²) in [4.78, 5) is 7.29. The number of benzene rings is 2. The molecule has 31 heavy (non-hydrogen) atoms. The third-order valence-electron chi connectivity index (χ3n) is 5.56. The second-order valence-electron chi connectivity index (χ2n) is 7.54. The minimum Gasteiger partial charge on any atom is -0.497 e. The maximum Gasteiger partial charge on any atom is 0.191 e. The first-order chi connectivity index (χ1) is 14.7. The number of ether oxygens (including phenoxy) is 1. The van der Waals surface area contributed by atoms with E-state index < -0.39 is 0 Å². The highest BCUT2D eigenvalue weighted by atomic mass is 127. The fraction of sp³-hybridized carbons (Fsp3) is 0.458. The zero-order valence-electron chi connectivity index (χ0n) is 18.5. The first-order valence-corrected chi connectivity index (χ1v) is 10.8. The Hall–Kier alpha value is -1.84. The molecule has 3 rings (SSSR count). The molecule has 1 heterocycles. The molecule has 0 amide bonds. The molecule has 1 fully saturated rings. The lowest BCUT2D eigenvalue weighted by atomic mass is 10.1. The van der Waals surface area contributed by atoms with E-state index in [0.29, 0.717) is 6.54 Å². The van der Waals surface area contributed by atoms with E-state index in [9.17, 15) is 5.11 Å². The molecule has 1 aliphatic rings. The predicted octanol–water partition coefficient (Wildman–Crippen LogP) is 3.70. The van der Waals surface area contributed by atoms with Gasteiger partial charge in [0.25, 0.3) is 0 Å². The van der Waals surface area contributed by atoms with Gasteiger partial charge < -0.3 is 20.5 Å². The number of aliphatic imine (C=N–C) groups is 1. The lowest BCUT2D eigenvalue weighted by molar-refractivity contribution is 0.245. The normalized spacial score (nSPS) is 15.3. The summed E-state index contributed by atoms with van der Waals surface area (Å²) in [7, 11) is 1.71. The van der Waals surface area contributed by atoms with Crippen molar-refractivity contribution in [2.45, 2.75) is 39.0 Å². The molecule has 7 heteroatoms. The summed E-state index contributed by atoms with van der Waals surface area (Å²) in [5.41, 5.74) is 3.22. The second kappa shape index (κ2) is 13.5. The lowest BCUT2D eigenvalue weighted by Gasteiger charge is -2.29. The molecular weight excluding hydrogens is 503 g/mol. The Morgan fingerprint density at radius 1 is 1.10 bits per heavy atom. The first-order valence-electron chi connectivity index (χ1n) is 10.8. The van der Waals surface area contributed by atoms with Gasteiger partial charge in [0.1, 0.15) is 5.75 Å². The van der Waals surface area contributed by atoms with Crippen molar-refractivity contribution in [3.63, 3.8) is 0 Å². The van der Waals surface area contributed by atoms with Crippen molar-refractivity contribution in [2.75, 3.05) is 33.3 Å². The van der Waals surface area contributed by atoms with Crippen molar-refractivity contribution in [3.05, 3.63) is 65.2 Å². The van der Waals surface area contributed by atoms with Crippen LogP contribution in [0.4, 0.5) is 0 Å². The third kappa shape index (κ3) is 7.36. The number of halogens is 1. The van der Waals surface area contributed by atoms with Gasteiger partial charge in [0.15, 0.2) is 5.96 Å². The van der Waals surface area contributed by atoms with Crippen LogP contribution >= 0.6 is 24.0 Å². The van der Waals surface area contributed by atoms with Crippen LogP contribution in [0.1, 0.15) is 42.5 Å². The third-order valence-corrected chi connectivity index (χ3v) is 5.56. The average molecular weight is 538 g/mol. The Morgan fingerprint density at radius 3 is 2.52 bits per heavy atom. The molecule has 0 saturated carbocycles. The Labute approximate surface area is 203 Å². The highest BCUT2D eigenvalue weighted by Gasteiger charge is 2.24. The number of aliphatic hydroxyl groups excluding tert-OH is 1. The van der Waals surface area contributed by atoms with E-state index >= 15 is 0 Å². The van der Waals surface area contributed by atoms with Crippen LogP contribution in [0.3, 0.4) is 0 Å². The quantitative estimate of drug-likeness (QED) is 0.258. The monoisotopic (exact) mass is 538 g/mol. The summed E-state index contributed by atoms with van der Waals surface area (Å²) in [5.74, 6) is 1.68. The predicted molar refractivity (Wildman–Crippen MR) is 137 cm³/mol. The molecule has 170 valence electrons. The summed E-state index contributed by atoms with van der Waals surface area (Å²) in [6.45, 7) is 6.41. The topological polar surface area (TPSA) is 69.1 Å². The van der Waals surface area contributed by atoms with E-state index in [-0.39, 0.29) is 36.6 Å². The smallest absolute Gasteiger partial charge is 0.191 e. The van der Waals surface area contributed by atoms with Crippen LogP contribution in [0.2, 0.25) is 0 Å². The molecule has 0 bridgehead atoms. The summed E-state index contributed by atoms with van der Waals surface area (Å²) < 4.78 is 5.45. The van der Waals surface area contributed by atoms with Gasteiger partial charge in [-0.1, -0.05) is 36.4 Å². The van der Waals surface area contributed by atoms with Gasteiger partial charge in [-0.3, -0.25) is 4.90 Å². The van der Waals surface area contributed by atoms with E-state index in [2.05, 4.69) is 40.7 Å². The van der Waals surface area contributed by atoms with E-state index in [1.54, 1.807) is 7.11 Å². The van der Waals surface area contributed by atoms with E-state index in [1.807, 2.05) is 30.3 Å². The van der Waals surface area contributed by atoms with Gasteiger partial charge >= 0.3 is 0 Å². The van der Waals surface area contributed by atoms with Crippen LogP contribution in [0, 0.1) is 0 Å². The molecule has 2 aromatic rings. The van der Waals surface area contributed by atoms with Crippen LogP contribution in [-0.4, -0.2) is 49.3 Å². The van der Waals surface area contributed by atoms with Gasteiger partial charge in [0.05, 0.1) is 26.3 Å². The second-order valence-corrected chi connectivity index (χ2v) is 7.54. The van der Waals surface area contributed by atoms with Crippen molar-refractivity contribution < 1.29 is 9.84 Å². The van der Waals surface area contributed by atoms with Crippen LogP contribution < -0.4 is 15.4 Å². The molecule has 1 atom stereocenters. The molecule has 1 aliphatic heterocycles. The maximum atomic E-state index is 9.56. The number of guanidine groups is 1. The standard InChI is InChI=1S/C24H34N4O2.HI/c1-3-25-24(26-16-20-9-4-5-10-21(20)18-29)27-17-23(28-13-6-7-14-28)19-11-8-12-22(15-19)30-2;/h4-5,8-12,15,23,29H,3,6-7,13-14,16-18H2,1-2H3,(H2,25,26,27);1H. The highest BCUT2D eigenvalue weighted by molar-refractivity contribution is 14.0. The first kappa shape index (κ1) is 25.4. The number of rotatable bonds is 9. The number of likely N-dealkylation sites (tertiary alicyclic amines) is 1. The zero-order valence-corrected chi connectivity index (χ0v) is 20.8. The number of hydrogen-bond donors (Lipinski definition) is 3. The SMILES string of the molecule is CCNC(=NCc1ccccc1CO)NCC(c1cccc(OC)c1)N1CCCC1.I. The summed E-state index contributed by atoms with van der Waals surface area (Å²) in [5, 5.41) is 16.4. The number of methoxy groups -OCH3 is 1. The van der Waals surface area contributed by atoms with Gasteiger partial charge in [0.2, 0.25) is 0 Å². The molecule has 0 spiro atoms. The van der Waals surface area contributed by atoms with Crippen molar-refractivity contribution in [1.82, 2.24) is 15.5 Å². The molecule has 3 N–H and O–H groups in total. The van der Waals surface area contributed by atoms with E-state index in [0.717, 1.165) is 49.0 Å². The molecule has 6 nitrogen and oxygen atoms in total. The molecule has 0 aliphatic carbocycles. The maximum absolute atomic E-state index is 9.56. The number of nitrogens with one attached hydrogen (secondary N) is 2. The highest BCUT2D eigenvalue weighted by Crippen LogP contribution is 2.27. The average Bonchev–Trinajstić information content (AvgIpc) is 3.32. The van der Waals surface area contributed by atoms with Gasteiger partial charge in [-0.25, -0.2) is 4.99 Å². The summed E-state index contributed by atoms with van der Waals surface area (Å²) >= 11 is 0. The molecule has 1 unspecified atom stereocenters. The van der Waals surface area contributed by atoms with Crippen LogP contribution in [0.5, 0.6) is 5.75 Å². The van der Waals surface area contributed by atoms with Crippen LogP contribution in [0.25, 0.3) is 0 Å². The largest absolute Gasteiger partial charge is 0.497 e. The van der Waals surface area contributed by atoms with Gasteiger partial charge in [-0.15, -0.1) is 24.0 Å². The van der Waals surface area contributed by atoms with Crippen LogP contribution in [0.15, 0.2) is 53.5 Å². The van der Waals surface area contributed by atoms with Gasteiger partial charge in [-0.05, 0) is 61.7 Å². The summed E-state index contributed by atoms with van der Waals surface area (Å²) in [6.07, 6.45) is 2.49. The fourth-order valence-electron chi connectivity index (χ4n) is 3.93. The molecule has 0 aromatic heterocycles. The Kier molecular flexibility index (Phi) is 11.1. The Bertz CT molecular complexity index is 825. The van der Waals surface area contributed by atoms with Crippen molar-refractivity contribution in [2.24, 2.45) is 4.99 Å². The van der Waals surface area contributed by atoms with Crippen molar-refractivity contribution >= 4 is 29.9 Å². The molecule has 1 saturated heterocycles. The zero-order chi connectivity index (χ0) is 21.2. The van der Waals surface area contributed by atoms with Crippen molar-refractivity contribution in [3.8, 4) is 5.75 Å². The van der Waals surface area contributed by atoms with Crippen molar-refractivity contribution in [1.29, 1.82) is 0 Å². The minimum absolute atomic E-state index is 0. The summed E-state index contributed by atoms with van der Waals surface area (Å²) in [6, 6.07) is 16.5. The number of hydrogen-bond acceptors (Lipinski definition) is 4. The molecule has 2 aromatic carbocycles. The number of nitrogens with zero attached hydrogens (tertiary/aromatic N) is 2. The van der Waals surface area contributed by atoms with Gasteiger partial charge in [0, 0.05) is 13.1 Å². The van der Waals surface area contributed by atoms with E-state index in [1.165, 1.54) is 18.4 Å². The minimum atomic E-state index is 0. The number of aliphatic hydroxyl groups is 1. The Morgan fingerprint density at radius 2 is 1.84 bits per heavy atom. The van der Waals surface area contributed by atoms with Gasteiger partial charge in [-0.2, -0.15) is 0 Å². The molecule has 0 radical (unpaired) electrons. The van der Waals surface area contributed by atoms with E-state index in [4.69, 9.17) is 9.73 Å². The molecular formula is C24H35IN4O2. The van der Waals surface area contributed by atoms with Crippen LogP contribution in [-0.2, 0) is 13.2 Å². The Balaban J connectivity index is 0.00000341.